The van der Waals surface area contributed by atoms with Crippen molar-refractivity contribution >= 4 is 28.9 Å². The van der Waals surface area contributed by atoms with Gasteiger partial charge in [-0.2, -0.15) is 0 Å². The van der Waals surface area contributed by atoms with Crippen LogP contribution in [0.25, 0.3) is 0 Å². The Morgan fingerprint density at radius 1 is 1.24 bits per heavy atom. The second kappa shape index (κ2) is 7.98. The molecule has 152 valence electrons. The summed E-state index contributed by atoms with van der Waals surface area (Å²) in [4.78, 5) is 25.5. The third-order valence-corrected chi connectivity index (χ3v) is 5.53. The average molecular weight is 418 g/mol. The van der Waals surface area contributed by atoms with Crippen molar-refractivity contribution in [3.05, 3.63) is 68.7 Å². The van der Waals surface area contributed by atoms with Gasteiger partial charge in [0, 0.05) is 36.2 Å². The molecule has 1 spiro atoms. The van der Waals surface area contributed by atoms with Gasteiger partial charge in [-0.1, -0.05) is 29.8 Å². The van der Waals surface area contributed by atoms with E-state index >= 15 is 0 Å². The summed E-state index contributed by atoms with van der Waals surface area (Å²) < 4.78 is 11.3. The molecule has 1 amide bonds. The summed E-state index contributed by atoms with van der Waals surface area (Å²) in [6, 6.07) is 11.7. The molecule has 4 rings (SSSR count). The van der Waals surface area contributed by atoms with Crippen molar-refractivity contribution in [1.82, 2.24) is 4.90 Å². The summed E-state index contributed by atoms with van der Waals surface area (Å²) in [7, 11) is 0. The molecule has 2 aromatic carbocycles. The van der Waals surface area contributed by atoms with Gasteiger partial charge in [-0.3, -0.25) is 14.9 Å². The Labute approximate surface area is 172 Å². The minimum absolute atomic E-state index is 0.162. The van der Waals surface area contributed by atoms with E-state index in [9.17, 15) is 14.9 Å². The minimum Gasteiger partial charge on any atom is -0.375 e. The van der Waals surface area contributed by atoms with Gasteiger partial charge in [0.2, 0.25) is 0 Å². The van der Waals surface area contributed by atoms with Gasteiger partial charge in [-0.25, -0.2) is 0 Å². The van der Waals surface area contributed by atoms with Gasteiger partial charge in [0.25, 0.3) is 11.6 Å². The predicted octanol–water partition coefficient (Wildman–Crippen LogP) is 3.45. The van der Waals surface area contributed by atoms with E-state index in [1.54, 1.807) is 23.1 Å². The Kier molecular flexibility index (Phi) is 5.40. The van der Waals surface area contributed by atoms with Gasteiger partial charge in [-0.15, -0.1) is 0 Å². The molecule has 2 aliphatic heterocycles. The molecule has 2 heterocycles. The van der Waals surface area contributed by atoms with E-state index in [0.717, 1.165) is 5.56 Å². The van der Waals surface area contributed by atoms with Crippen molar-refractivity contribution in [3.8, 4) is 0 Å². The smallest absolute Gasteiger partial charge is 0.293 e. The Bertz CT molecular complexity index is 945. The molecule has 1 N–H and O–H groups in total. The van der Waals surface area contributed by atoms with Crippen molar-refractivity contribution in [2.45, 2.75) is 18.8 Å². The van der Waals surface area contributed by atoms with Crippen LogP contribution >= 0.6 is 11.6 Å². The molecule has 9 heteroatoms. The number of ether oxygens (including phenoxy) is 2. The highest BCUT2D eigenvalue weighted by Gasteiger charge is 2.45. The van der Waals surface area contributed by atoms with Crippen LogP contribution in [-0.4, -0.2) is 47.8 Å². The largest absolute Gasteiger partial charge is 0.375 e. The zero-order chi connectivity index (χ0) is 20.4. The normalized spacial score (nSPS) is 17.6. The molecule has 2 saturated heterocycles. The number of nitro groups is 1. The number of nitro benzene ring substituents is 1. The van der Waals surface area contributed by atoms with Gasteiger partial charge in [0.15, 0.2) is 5.79 Å². The molecular formula is C20H20ClN3O5. The number of rotatable bonds is 5. The van der Waals surface area contributed by atoms with Crippen LogP contribution in [-0.2, 0) is 16.0 Å². The van der Waals surface area contributed by atoms with E-state index in [-0.39, 0.29) is 17.2 Å². The van der Waals surface area contributed by atoms with Crippen molar-refractivity contribution in [1.29, 1.82) is 0 Å². The van der Waals surface area contributed by atoms with Gasteiger partial charge in [-0.05, 0) is 23.8 Å². The summed E-state index contributed by atoms with van der Waals surface area (Å²) in [6.45, 7) is 2.17. The fourth-order valence-corrected chi connectivity index (χ4v) is 3.84. The summed E-state index contributed by atoms with van der Waals surface area (Å²) in [6.07, 6.45) is 0.596. The van der Waals surface area contributed by atoms with Crippen LogP contribution in [0.2, 0.25) is 5.02 Å². The lowest BCUT2D eigenvalue weighted by Gasteiger charge is -2.22. The van der Waals surface area contributed by atoms with Crippen molar-refractivity contribution in [2.75, 3.05) is 31.6 Å². The molecule has 8 nitrogen and oxygen atoms in total. The maximum absolute atomic E-state index is 12.9. The van der Waals surface area contributed by atoms with Crippen LogP contribution in [0.15, 0.2) is 42.5 Å². The number of halogens is 1. The molecule has 0 aliphatic carbocycles. The Balaban J connectivity index is 1.50. The number of nitrogens with zero attached hydrogens (tertiary/aromatic N) is 2. The molecule has 0 saturated carbocycles. The molecule has 29 heavy (non-hydrogen) atoms. The quantitative estimate of drug-likeness (QED) is 0.591. The van der Waals surface area contributed by atoms with Crippen LogP contribution in [0.5, 0.6) is 0 Å². The van der Waals surface area contributed by atoms with Crippen LogP contribution in [0.3, 0.4) is 0 Å². The van der Waals surface area contributed by atoms with E-state index in [1.165, 1.54) is 6.07 Å². The highest BCUT2D eigenvalue weighted by atomic mass is 35.5. The maximum Gasteiger partial charge on any atom is 0.293 e. The summed E-state index contributed by atoms with van der Waals surface area (Å²) in [5.74, 6) is -1.00. The first kappa shape index (κ1) is 19.6. The number of carbonyl (C=O) groups is 1. The van der Waals surface area contributed by atoms with Crippen LogP contribution in [0.4, 0.5) is 11.4 Å². The number of nitrogens with one attached hydrogen (secondary N) is 1. The first-order valence-corrected chi connectivity index (χ1v) is 9.68. The third-order valence-electron chi connectivity index (χ3n) is 5.16. The first-order chi connectivity index (χ1) is 14.0. The van der Waals surface area contributed by atoms with E-state index in [2.05, 4.69) is 5.32 Å². The van der Waals surface area contributed by atoms with Crippen molar-refractivity contribution in [2.24, 2.45) is 0 Å². The van der Waals surface area contributed by atoms with Gasteiger partial charge < -0.3 is 19.7 Å². The number of hydrogen-bond donors (Lipinski definition) is 1. The Morgan fingerprint density at radius 2 is 2.00 bits per heavy atom. The minimum atomic E-state index is -0.724. The highest BCUT2D eigenvalue weighted by molar-refractivity contribution is 6.31. The topological polar surface area (TPSA) is 93.9 Å². The molecule has 0 aromatic heterocycles. The number of amides is 1. The molecular weight excluding hydrogens is 398 g/mol. The van der Waals surface area contributed by atoms with E-state index in [4.69, 9.17) is 21.1 Å². The van der Waals surface area contributed by atoms with Gasteiger partial charge in [0.05, 0.1) is 24.7 Å². The Hall–Kier alpha value is -2.68. The lowest BCUT2D eigenvalue weighted by Crippen LogP contribution is -2.36. The molecule has 0 unspecified atom stereocenters. The fraction of sp³-hybridized carbons (Fsp3) is 0.350. The lowest BCUT2D eigenvalue weighted by molar-refractivity contribution is -0.384. The number of carbonyl (C=O) groups excluding carboxylic acids is 1. The summed E-state index contributed by atoms with van der Waals surface area (Å²) in [5.41, 5.74) is 1.24. The van der Waals surface area contributed by atoms with Crippen LogP contribution < -0.4 is 5.32 Å². The second-order valence-corrected chi connectivity index (χ2v) is 7.43. The standard InChI is InChI=1S/C20H20ClN3O5/c21-16-4-2-1-3-15(16)12-22-17-6-5-14(11-18(17)24(26)27)19(25)23-8-7-20(13-23)28-9-10-29-20/h1-6,11,22H,7-10,12-13H2. The number of anilines is 1. The third kappa shape index (κ3) is 4.05. The average Bonchev–Trinajstić information content (AvgIpc) is 3.36. The SMILES string of the molecule is O=C(c1ccc(NCc2ccccc2Cl)c([N+](=O)[O-])c1)N1CCC2(C1)OCCO2. The highest BCUT2D eigenvalue weighted by Crippen LogP contribution is 2.32. The zero-order valence-corrected chi connectivity index (χ0v) is 16.4. The van der Waals surface area contributed by atoms with Crippen molar-refractivity contribution in [3.63, 3.8) is 0 Å². The summed E-state index contributed by atoms with van der Waals surface area (Å²) in [5, 5.41) is 15.2. The lowest BCUT2D eigenvalue weighted by atomic mass is 10.1. The number of likely N-dealkylation sites (tertiary alicyclic amines) is 1. The molecule has 2 fully saturated rings. The maximum atomic E-state index is 12.9. The zero-order valence-electron chi connectivity index (χ0n) is 15.6. The predicted molar refractivity (Wildman–Crippen MR) is 107 cm³/mol. The van der Waals surface area contributed by atoms with Crippen LogP contribution in [0.1, 0.15) is 22.3 Å². The van der Waals surface area contributed by atoms with E-state index < -0.39 is 10.7 Å². The van der Waals surface area contributed by atoms with E-state index in [1.807, 2.05) is 18.2 Å². The molecule has 0 atom stereocenters. The van der Waals surface area contributed by atoms with Crippen LogP contribution in [0, 0.1) is 10.1 Å². The Morgan fingerprint density at radius 3 is 2.72 bits per heavy atom. The molecule has 2 aromatic rings. The second-order valence-electron chi connectivity index (χ2n) is 7.02. The van der Waals surface area contributed by atoms with Gasteiger partial charge in [0.1, 0.15) is 5.69 Å². The van der Waals surface area contributed by atoms with E-state index in [0.29, 0.717) is 50.0 Å². The monoisotopic (exact) mass is 417 g/mol. The number of hydrogen-bond acceptors (Lipinski definition) is 6. The molecule has 0 radical (unpaired) electrons. The fourth-order valence-electron chi connectivity index (χ4n) is 3.64. The van der Waals surface area contributed by atoms with Gasteiger partial charge >= 0.3 is 0 Å². The number of benzene rings is 2. The molecule has 2 aliphatic rings. The molecule has 0 bridgehead atoms. The van der Waals surface area contributed by atoms with Crippen molar-refractivity contribution < 1.29 is 19.2 Å². The summed E-state index contributed by atoms with van der Waals surface area (Å²) >= 11 is 6.14. The first-order valence-electron chi connectivity index (χ1n) is 9.30.